The first-order valence-corrected chi connectivity index (χ1v) is 10.3. The number of anilines is 1. The number of carbonyl (C=O) groups is 2. The summed E-state index contributed by atoms with van der Waals surface area (Å²) in [5, 5.41) is 11.1. The Morgan fingerprint density at radius 1 is 1.00 bits per heavy atom. The van der Waals surface area contributed by atoms with Gasteiger partial charge in [0.15, 0.2) is 0 Å². The van der Waals surface area contributed by atoms with Crippen molar-refractivity contribution in [3.63, 3.8) is 0 Å². The Kier molecular flexibility index (Phi) is 5.12. The molecule has 1 amide bonds. The average Bonchev–Trinajstić information content (AvgIpc) is 3.26. The first kappa shape index (κ1) is 20.2. The van der Waals surface area contributed by atoms with Crippen molar-refractivity contribution < 1.29 is 19.1 Å². The van der Waals surface area contributed by atoms with Gasteiger partial charge in [-0.1, -0.05) is 39.7 Å². The SMILES string of the molecule is Cc1ccc(N2C(=O)C(=O)/C(=C(\O)c3ccc(Br)c(C)c3)C2c2ccc(C)o2)cc1. The van der Waals surface area contributed by atoms with Crippen molar-refractivity contribution in [1.29, 1.82) is 0 Å². The van der Waals surface area contributed by atoms with Gasteiger partial charge in [0.1, 0.15) is 23.3 Å². The molecule has 0 radical (unpaired) electrons. The number of halogens is 1. The summed E-state index contributed by atoms with van der Waals surface area (Å²) in [6, 6.07) is 15.2. The summed E-state index contributed by atoms with van der Waals surface area (Å²) in [5.74, 6) is -0.597. The molecule has 1 aliphatic heterocycles. The molecular formula is C24H20BrNO4. The van der Waals surface area contributed by atoms with Crippen molar-refractivity contribution >= 4 is 39.1 Å². The number of hydrogen-bond acceptors (Lipinski definition) is 4. The van der Waals surface area contributed by atoms with E-state index in [2.05, 4.69) is 15.9 Å². The molecule has 30 heavy (non-hydrogen) atoms. The molecule has 6 heteroatoms. The Morgan fingerprint density at radius 3 is 2.30 bits per heavy atom. The van der Waals surface area contributed by atoms with Crippen LogP contribution in [0.2, 0.25) is 0 Å². The molecular weight excluding hydrogens is 446 g/mol. The smallest absolute Gasteiger partial charge is 0.300 e. The predicted molar refractivity (Wildman–Crippen MR) is 118 cm³/mol. The summed E-state index contributed by atoms with van der Waals surface area (Å²) in [6.07, 6.45) is 0. The van der Waals surface area contributed by atoms with Gasteiger partial charge in [0.05, 0.1) is 5.57 Å². The molecule has 1 N–H and O–H groups in total. The minimum absolute atomic E-state index is 0.0108. The largest absolute Gasteiger partial charge is 0.507 e. The van der Waals surface area contributed by atoms with E-state index in [0.717, 1.165) is 15.6 Å². The van der Waals surface area contributed by atoms with Crippen molar-refractivity contribution in [3.8, 4) is 0 Å². The van der Waals surface area contributed by atoms with Gasteiger partial charge >= 0.3 is 0 Å². The second kappa shape index (κ2) is 7.61. The van der Waals surface area contributed by atoms with Gasteiger partial charge in [-0.05, 0) is 62.7 Å². The van der Waals surface area contributed by atoms with Gasteiger partial charge in [0.2, 0.25) is 0 Å². The van der Waals surface area contributed by atoms with E-state index >= 15 is 0 Å². The lowest BCUT2D eigenvalue weighted by atomic mass is 9.98. The maximum atomic E-state index is 13.1. The molecule has 3 aromatic rings. The van der Waals surface area contributed by atoms with E-state index < -0.39 is 17.7 Å². The van der Waals surface area contributed by atoms with Crippen LogP contribution < -0.4 is 4.90 Å². The number of rotatable bonds is 3. The molecule has 1 fully saturated rings. The minimum Gasteiger partial charge on any atom is -0.507 e. The van der Waals surface area contributed by atoms with Crippen LogP contribution in [0.4, 0.5) is 5.69 Å². The molecule has 0 spiro atoms. The topological polar surface area (TPSA) is 70.8 Å². The van der Waals surface area contributed by atoms with Gasteiger partial charge in [0.25, 0.3) is 11.7 Å². The zero-order valence-electron chi connectivity index (χ0n) is 16.8. The summed E-state index contributed by atoms with van der Waals surface area (Å²) < 4.78 is 6.69. The molecule has 5 nitrogen and oxygen atoms in total. The van der Waals surface area contributed by atoms with Crippen molar-refractivity contribution in [2.45, 2.75) is 26.8 Å². The van der Waals surface area contributed by atoms with E-state index in [1.165, 1.54) is 4.90 Å². The number of aliphatic hydroxyl groups is 1. The molecule has 0 aliphatic carbocycles. The number of Topliss-reactive ketones (excluding diaryl/α,β-unsaturated/α-hetero) is 1. The van der Waals surface area contributed by atoms with Crippen LogP contribution in [-0.4, -0.2) is 16.8 Å². The number of carbonyl (C=O) groups excluding carboxylic acids is 2. The van der Waals surface area contributed by atoms with E-state index in [1.54, 1.807) is 49.4 Å². The zero-order chi connectivity index (χ0) is 21.6. The van der Waals surface area contributed by atoms with Crippen LogP contribution in [0.5, 0.6) is 0 Å². The molecule has 152 valence electrons. The van der Waals surface area contributed by atoms with Crippen LogP contribution in [-0.2, 0) is 9.59 Å². The molecule has 1 aromatic heterocycles. The minimum atomic E-state index is -0.856. The maximum Gasteiger partial charge on any atom is 0.300 e. The highest BCUT2D eigenvalue weighted by molar-refractivity contribution is 9.10. The number of furan rings is 1. The number of hydrogen-bond donors (Lipinski definition) is 1. The van der Waals surface area contributed by atoms with E-state index in [-0.39, 0.29) is 11.3 Å². The van der Waals surface area contributed by atoms with Gasteiger partial charge in [0, 0.05) is 15.7 Å². The van der Waals surface area contributed by atoms with E-state index in [4.69, 9.17) is 4.42 Å². The first-order chi connectivity index (χ1) is 14.3. The standard InChI is InChI=1S/C24H20BrNO4/c1-13-4-8-17(9-5-13)26-21(19-11-6-15(3)30-19)20(23(28)24(26)29)22(27)16-7-10-18(25)14(2)12-16/h4-12,21,27H,1-3H3/b22-20-. The highest BCUT2D eigenvalue weighted by atomic mass is 79.9. The molecule has 4 rings (SSSR count). The van der Waals surface area contributed by atoms with Crippen molar-refractivity contribution in [2.24, 2.45) is 0 Å². The van der Waals surface area contributed by atoms with Gasteiger partial charge < -0.3 is 9.52 Å². The number of amides is 1. The quantitative estimate of drug-likeness (QED) is 0.310. The summed E-state index contributed by atoms with van der Waals surface area (Å²) in [6.45, 7) is 5.62. The second-order valence-corrected chi connectivity index (χ2v) is 8.27. The fourth-order valence-electron chi connectivity index (χ4n) is 3.62. The van der Waals surface area contributed by atoms with Gasteiger partial charge in [-0.2, -0.15) is 0 Å². The van der Waals surface area contributed by atoms with Crippen molar-refractivity contribution in [2.75, 3.05) is 4.90 Å². The third-order valence-electron chi connectivity index (χ3n) is 5.22. The van der Waals surface area contributed by atoms with E-state index in [0.29, 0.717) is 22.8 Å². The van der Waals surface area contributed by atoms with Gasteiger partial charge in [-0.3, -0.25) is 14.5 Å². The zero-order valence-corrected chi connectivity index (χ0v) is 18.4. The summed E-state index contributed by atoms with van der Waals surface area (Å²) in [4.78, 5) is 27.5. The van der Waals surface area contributed by atoms with E-state index in [1.807, 2.05) is 26.0 Å². The normalized spacial score (nSPS) is 18.3. The second-order valence-electron chi connectivity index (χ2n) is 7.42. The fraction of sp³-hybridized carbons (Fsp3) is 0.167. The Morgan fingerprint density at radius 2 is 1.70 bits per heavy atom. The third kappa shape index (κ3) is 3.37. The number of nitrogens with zero attached hydrogens (tertiary/aromatic N) is 1. The van der Waals surface area contributed by atoms with Crippen LogP contribution in [0.25, 0.3) is 5.76 Å². The molecule has 0 bridgehead atoms. The van der Waals surface area contributed by atoms with Gasteiger partial charge in [-0.25, -0.2) is 0 Å². The molecule has 2 aromatic carbocycles. The van der Waals surface area contributed by atoms with Crippen LogP contribution in [0.15, 0.2) is 69.1 Å². The lowest BCUT2D eigenvalue weighted by Crippen LogP contribution is -2.29. The number of benzene rings is 2. The maximum absolute atomic E-state index is 13.1. The molecule has 2 heterocycles. The highest BCUT2D eigenvalue weighted by Crippen LogP contribution is 2.42. The monoisotopic (exact) mass is 465 g/mol. The van der Waals surface area contributed by atoms with Gasteiger partial charge in [-0.15, -0.1) is 0 Å². The number of ketones is 1. The Balaban J connectivity index is 1.94. The first-order valence-electron chi connectivity index (χ1n) is 9.48. The molecule has 1 aliphatic rings. The van der Waals surface area contributed by atoms with Crippen LogP contribution in [0, 0.1) is 20.8 Å². The third-order valence-corrected chi connectivity index (χ3v) is 6.11. The van der Waals surface area contributed by atoms with Crippen molar-refractivity contribution in [3.05, 3.63) is 92.9 Å². The van der Waals surface area contributed by atoms with Crippen LogP contribution in [0.3, 0.4) is 0 Å². The fourth-order valence-corrected chi connectivity index (χ4v) is 3.87. The highest BCUT2D eigenvalue weighted by Gasteiger charge is 2.48. The summed E-state index contributed by atoms with van der Waals surface area (Å²) in [7, 11) is 0. The number of aliphatic hydroxyl groups excluding tert-OH is 1. The Labute approximate surface area is 182 Å². The molecule has 1 unspecified atom stereocenters. The predicted octanol–water partition coefficient (Wildman–Crippen LogP) is 5.59. The lowest BCUT2D eigenvalue weighted by molar-refractivity contribution is -0.132. The lowest BCUT2D eigenvalue weighted by Gasteiger charge is -2.23. The van der Waals surface area contributed by atoms with E-state index in [9.17, 15) is 14.7 Å². The average molecular weight is 466 g/mol. The Hall–Kier alpha value is -3.12. The van der Waals surface area contributed by atoms with Crippen LogP contribution in [0.1, 0.15) is 34.3 Å². The number of aryl methyl sites for hydroxylation is 3. The van der Waals surface area contributed by atoms with Crippen molar-refractivity contribution in [1.82, 2.24) is 0 Å². The van der Waals surface area contributed by atoms with Crippen LogP contribution >= 0.6 is 15.9 Å². The molecule has 1 atom stereocenters. The summed E-state index contributed by atoms with van der Waals surface area (Å²) in [5.41, 5.74) is 2.97. The molecule has 1 saturated heterocycles. The molecule has 0 saturated carbocycles. The Bertz CT molecular complexity index is 1190. The summed E-state index contributed by atoms with van der Waals surface area (Å²) >= 11 is 3.44.